The molecule has 0 unspecified atom stereocenters. The molecule has 0 heterocycles. The maximum atomic E-state index is 13.3. The Morgan fingerprint density at radius 2 is 2.00 bits per heavy atom. The summed E-state index contributed by atoms with van der Waals surface area (Å²) in [6.07, 6.45) is 0. The Morgan fingerprint density at radius 3 is 2.58 bits per heavy atom. The van der Waals surface area contributed by atoms with E-state index < -0.39 is 16.4 Å². The van der Waals surface area contributed by atoms with E-state index in [2.05, 4.69) is 13.8 Å². The first-order valence-corrected chi connectivity index (χ1v) is 6.09. The molecular weight excluding hydrogens is 253 g/mol. The van der Waals surface area contributed by atoms with Gasteiger partial charge in [-0.3, -0.25) is 10.1 Å². The molecule has 0 aliphatic heterocycles. The number of hydrogen-bond donors (Lipinski definition) is 0. The van der Waals surface area contributed by atoms with Crippen LogP contribution in [-0.4, -0.2) is 24.7 Å². The topological polar surface area (TPSA) is 61.6 Å². The van der Waals surface area contributed by atoms with Crippen molar-refractivity contribution in [3.8, 4) is 0 Å². The summed E-state index contributed by atoms with van der Waals surface area (Å²) in [7, 11) is 0. The monoisotopic (exact) mass is 271 g/mol. The Morgan fingerprint density at radius 1 is 1.32 bits per heavy atom. The fourth-order valence-electron chi connectivity index (χ4n) is 1.42. The van der Waals surface area contributed by atoms with E-state index in [1.54, 1.807) is 0 Å². The van der Waals surface area contributed by atoms with E-state index in [1.165, 1.54) is 6.07 Å². The summed E-state index contributed by atoms with van der Waals surface area (Å²) < 4.78 is 23.9. The molecule has 0 spiro atoms. The van der Waals surface area contributed by atoms with Crippen LogP contribution in [-0.2, 0) is 16.1 Å². The smallest absolute Gasteiger partial charge is 0.304 e. The minimum absolute atomic E-state index is 0.208. The summed E-state index contributed by atoms with van der Waals surface area (Å²) in [5.41, 5.74) is 0.0379. The number of nitrogens with zero attached hydrogens (tertiary/aromatic N) is 1. The van der Waals surface area contributed by atoms with Gasteiger partial charge in [0.1, 0.15) is 0 Å². The average molecular weight is 271 g/mol. The van der Waals surface area contributed by atoms with Crippen molar-refractivity contribution in [3.63, 3.8) is 0 Å². The molecule has 0 saturated heterocycles. The van der Waals surface area contributed by atoms with Crippen LogP contribution in [0.1, 0.15) is 19.4 Å². The molecule has 0 aliphatic rings. The summed E-state index contributed by atoms with van der Waals surface area (Å²) in [6.45, 7) is 5.88. The molecule has 6 heteroatoms. The van der Waals surface area contributed by atoms with Gasteiger partial charge in [0.05, 0.1) is 24.7 Å². The second-order valence-electron chi connectivity index (χ2n) is 4.56. The van der Waals surface area contributed by atoms with Crippen molar-refractivity contribution < 1.29 is 18.8 Å². The highest BCUT2D eigenvalue weighted by Crippen LogP contribution is 2.18. The van der Waals surface area contributed by atoms with E-state index in [0.717, 1.165) is 12.1 Å². The van der Waals surface area contributed by atoms with Gasteiger partial charge in [0.2, 0.25) is 5.82 Å². The highest BCUT2D eigenvalue weighted by Gasteiger charge is 2.13. The number of ether oxygens (including phenoxy) is 2. The average Bonchev–Trinajstić information content (AvgIpc) is 2.32. The lowest BCUT2D eigenvalue weighted by Crippen LogP contribution is -2.08. The van der Waals surface area contributed by atoms with E-state index in [1.807, 2.05) is 0 Å². The third-order valence-electron chi connectivity index (χ3n) is 2.30. The quantitative estimate of drug-likeness (QED) is 0.414. The van der Waals surface area contributed by atoms with E-state index >= 15 is 0 Å². The first kappa shape index (κ1) is 15.5. The third-order valence-corrected chi connectivity index (χ3v) is 2.30. The minimum atomic E-state index is -0.845. The maximum Gasteiger partial charge on any atom is 0.304 e. The van der Waals surface area contributed by atoms with E-state index in [0.29, 0.717) is 31.3 Å². The molecule has 0 saturated carbocycles. The lowest BCUT2D eigenvalue weighted by molar-refractivity contribution is -0.387. The molecule has 0 fully saturated rings. The summed E-state index contributed by atoms with van der Waals surface area (Å²) in [4.78, 5) is 9.69. The molecule has 5 nitrogen and oxygen atoms in total. The summed E-state index contributed by atoms with van der Waals surface area (Å²) >= 11 is 0. The van der Waals surface area contributed by atoms with Crippen LogP contribution in [0.5, 0.6) is 0 Å². The van der Waals surface area contributed by atoms with Gasteiger partial charge in [-0.2, -0.15) is 4.39 Å². The molecule has 0 bridgehead atoms. The zero-order chi connectivity index (χ0) is 14.3. The summed E-state index contributed by atoms with van der Waals surface area (Å²) in [5.74, 6) is -0.370. The van der Waals surface area contributed by atoms with Crippen molar-refractivity contribution in [3.05, 3.63) is 39.7 Å². The molecule has 0 aliphatic carbocycles. The van der Waals surface area contributed by atoms with Crippen LogP contribution in [0.25, 0.3) is 0 Å². The van der Waals surface area contributed by atoms with E-state index in [4.69, 9.17) is 9.47 Å². The first-order chi connectivity index (χ1) is 9.00. The molecule has 0 N–H and O–H groups in total. The van der Waals surface area contributed by atoms with Crippen LogP contribution in [0.2, 0.25) is 0 Å². The minimum Gasteiger partial charge on any atom is -0.379 e. The maximum absolute atomic E-state index is 13.3. The van der Waals surface area contributed by atoms with E-state index in [9.17, 15) is 14.5 Å². The Balaban J connectivity index is 2.30. The molecule has 0 aromatic heterocycles. The van der Waals surface area contributed by atoms with Crippen molar-refractivity contribution in [2.24, 2.45) is 5.92 Å². The predicted molar refractivity (Wildman–Crippen MR) is 68.4 cm³/mol. The number of nitro benzene ring substituents is 1. The number of halogens is 1. The normalized spacial score (nSPS) is 10.9. The van der Waals surface area contributed by atoms with Gasteiger partial charge in [0, 0.05) is 12.7 Å². The van der Waals surface area contributed by atoms with Crippen LogP contribution < -0.4 is 0 Å². The van der Waals surface area contributed by atoms with Gasteiger partial charge in [-0.15, -0.1) is 0 Å². The zero-order valence-electron chi connectivity index (χ0n) is 11.1. The van der Waals surface area contributed by atoms with Crippen LogP contribution in [0, 0.1) is 21.8 Å². The summed E-state index contributed by atoms with van der Waals surface area (Å²) in [5, 5.41) is 10.4. The number of nitro groups is 1. The molecule has 1 aromatic rings. The van der Waals surface area contributed by atoms with Crippen molar-refractivity contribution >= 4 is 5.69 Å². The Bertz CT molecular complexity index is 423. The molecule has 0 radical (unpaired) electrons. The fourth-order valence-corrected chi connectivity index (χ4v) is 1.42. The van der Waals surface area contributed by atoms with Crippen LogP contribution in [0.4, 0.5) is 10.1 Å². The third kappa shape index (κ3) is 5.76. The van der Waals surface area contributed by atoms with Crippen molar-refractivity contribution in [1.82, 2.24) is 0 Å². The van der Waals surface area contributed by atoms with Crippen LogP contribution in [0.15, 0.2) is 18.2 Å². The predicted octanol–water partition coefficient (Wildman–Crippen LogP) is 2.92. The van der Waals surface area contributed by atoms with Gasteiger partial charge in [0.15, 0.2) is 0 Å². The number of hydrogen-bond acceptors (Lipinski definition) is 4. The lowest BCUT2D eigenvalue weighted by atomic mass is 10.2. The summed E-state index contributed by atoms with van der Waals surface area (Å²) in [6, 6.07) is 3.74. The second kappa shape index (κ2) is 7.81. The van der Waals surface area contributed by atoms with Gasteiger partial charge in [-0.1, -0.05) is 13.8 Å². The SMILES string of the molecule is CC(C)COCCOCc1ccc([N+](=O)[O-])c(F)c1. The Hall–Kier alpha value is -1.53. The Kier molecular flexibility index (Phi) is 6.38. The van der Waals surface area contributed by atoms with E-state index in [-0.39, 0.29) is 6.61 Å². The molecule has 19 heavy (non-hydrogen) atoms. The van der Waals surface area contributed by atoms with Gasteiger partial charge in [-0.05, 0) is 23.6 Å². The van der Waals surface area contributed by atoms with Gasteiger partial charge in [-0.25, -0.2) is 0 Å². The standard InChI is InChI=1S/C13H18FNO4/c1-10(2)8-18-5-6-19-9-11-3-4-13(15(16)17)12(14)7-11/h3-4,7,10H,5-6,8-9H2,1-2H3. The largest absolute Gasteiger partial charge is 0.379 e. The fraction of sp³-hybridized carbons (Fsp3) is 0.538. The highest BCUT2D eigenvalue weighted by atomic mass is 19.1. The van der Waals surface area contributed by atoms with Gasteiger partial charge >= 0.3 is 5.69 Å². The highest BCUT2D eigenvalue weighted by molar-refractivity contribution is 5.34. The first-order valence-electron chi connectivity index (χ1n) is 6.09. The molecule has 1 aromatic carbocycles. The lowest BCUT2D eigenvalue weighted by Gasteiger charge is -2.07. The zero-order valence-corrected chi connectivity index (χ0v) is 11.1. The van der Waals surface area contributed by atoms with Crippen molar-refractivity contribution in [1.29, 1.82) is 0 Å². The van der Waals surface area contributed by atoms with Gasteiger partial charge < -0.3 is 9.47 Å². The number of rotatable bonds is 8. The van der Waals surface area contributed by atoms with Crippen molar-refractivity contribution in [2.45, 2.75) is 20.5 Å². The molecular formula is C13H18FNO4. The second-order valence-corrected chi connectivity index (χ2v) is 4.56. The molecule has 0 amide bonds. The molecule has 106 valence electrons. The van der Waals surface area contributed by atoms with Crippen LogP contribution in [0.3, 0.4) is 0 Å². The Labute approximate surface area is 111 Å². The number of benzene rings is 1. The molecule has 0 atom stereocenters. The van der Waals surface area contributed by atoms with Crippen LogP contribution >= 0.6 is 0 Å². The molecule has 1 rings (SSSR count). The van der Waals surface area contributed by atoms with Gasteiger partial charge in [0.25, 0.3) is 0 Å². The van der Waals surface area contributed by atoms with Crippen molar-refractivity contribution in [2.75, 3.05) is 19.8 Å².